The number of pyridine rings is 1. The summed E-state index contributed by atoms with van der Waals surface area (Å²) in [6.45, 7) is 3.30. The van der Waals surface area contributed by atoms with Crippen molar-refractivity contribution >= 4 is 0 Å². The zero-order valence-corrected chi connectivity index (χ0v) is 9.93. The van der Waals surface area contributed by atoms with Crippen LogP contribution in [-0.2, 0) is 4.74 Å². The van der Waals surface area contributed by atoms with Gasteiger partial charge in [-0.05, 0) is 5.56 Å². The standard InChI is InChI=1S/C11H16N2O4.H2O/c14-9(7-13-1-3-17-4-2-13)8-5-10(15)12-11(16)6-8;/h5-6,9,14H,1-4,7H2,(H2,12,15,16);1H2. The first-order valence-electron chi connectivity index (χ1n) is 5.56. The minimum absolute atomic E-state index is 0. The molecule has 2 heterocycles. The van der Waals surface area contributed by atoms with E-state index in [1.165, 1.54) is 12.1 Å². The molecule has 1 aromatic heterocycles. The number of ether oxygens (including phenoxy) is 1. The van der Waals surface area contributed by atoms with Crippen molar-refractivity contribution in [3.8, 4) is 5.88 Å². The number of H-pyrrole nitrogens is 1. The van der Waals surface area contributed by atoms with E-state index in [-0.39, 0.29) is 11.4 Å². The van der Waals surface area contributed by atoms with Gasteiger partial charge in [0, 0.05) is 31.8 Å². The number of aliphatic hydroxyl groups is 1. The first kappa shape index (κ1) is 14.7. The Labute approximate surface area is 104 Å². The molecule has 1 fully saturated rings. The SMILES string of the molecule is O.O=c1cc(C(O)CN2CCOCC2)cc(O)[nH]1. The lowest BCUT2D eigenvalue weighted by Crippen LogP contribution is -2.38. The van der Waals surface area contributed by atoms with Crippen molar-refractivity contribution in [3.05, 3.63) is 28.0 Å². The van der Waals surface area contributed by atoms with Crippen molar-refractivity contribution in [1.82, 2.24) is 9.88 Å². The van der Waals surface area contributed by atoms with Crippen LogP contribution in [0.4, 0.5) is 0 Å². The van der Waals surface area contributed by atoms with Crippen LogP contribution in [-0.4, -0.2) is 58.4 Å². The van der Waals surface area contributed by atoms with E-state index in [4.69, 9.17) is 4.74 Å². The highest BCUT2D eigenvalue weighted by molar-refractivity contribution is 5.21. The van der Waals surface area contributed by atoms with Gasteiger partial charge in [0.05, 0.1) is 19.3 Å². The summed E-state index contributed by atoms with van der Waals surface area (Å²) in [6, 6.07) is 2.66. The van der Waals surface area contributed by atoms with Crippen LogP contribution < -0.4 is 5.56 Å². The molecule has 0 amide bonds. The van der Waals surface area contributed by atoms with Crippen LogP contribution in [0.2, 0.25) is 0 Å². The van der Waals surface area contributed by atoms with Gasteiger partial charge in [0.2, 0.25) is 0 Å². The second-order valence-corrected chi connectivity index (χ2v) is 4.09. The first-order valence-corrected chi connectivity index (χ1v) is 5.56. The Hall–Kier alpha value is -1.41. The third-order valence-electron chi connectivity index (χ3n) is 2.77. The Morgan fingerprint density at radius 1 is 1.39 bits per heavy atom. The Kier molecular flexibility index (Phi) is 5.29. The highest BCUT2D eigenvalue weighted by atomic mass is 16.5. The lowest BCUT2D eigenvalue weighted by molar-refractivity contribution is 0.0142. The number of nitrogens with one attached hydrogen (secondary N) is 1. The fraction of sp³-hybridized carbons (Fsp3) is 0.545. The van der Waals surface area contributed by atoms with Crippen LogP contribution in [0.5, 0.6) is 5.88 Å². The van der Waals surface area contributed by atoms with Gasteiger partial charge >= 0.3 is 0 Å². The van der Waals surface area contributed by atoms with Gasteiger partial charge in [0.15, 0.2) is 5.88 Å². The van der Waals surface area contributed by atoms with Crippen molar-refractivity contribution < 1.29 is 20.4 Å². The normalized spacial score (nSPS) is 18.1. The molecule has 1 aromatic rings. The molecule has 0 spiro atoms. The number of aromatic hydroxyl groups is 1. The van der Waals surface area contributed by atoms with Crippen molar-refractivity contribution in [2.75, 3.05) is 32.8 Å². The maximum Gasteiger partial charge on any atom is 0.251 e. The molecule has 2 rings (SSSR count). The molecule has 1 aliphatic rings. The maximum atomic E-state index is 11.1. The van der Waals surface area contributed by atoms with Gasteiger partial charge in [-0.25, -0.2) is 0 Å². The second kappa shape index (κ2) is 6.50. The summed E-state index contributed by atoms with van der Waals surface area (Å²) in [5.74, 6) is -0.228. The van der Waals surface area contributed by atoms with Gasteiger partial charge in [-0.1, -0.05) is 0 Å². The van der Waals surface area contributed by atoms with Gasteiger partial charge in [0.25, 0.3) is 5.56 Å². The molecule has 1 atom stereocenters. The minimum atomic E-state index is -0.777. The molecular weight excluding hydrogens is 240 g/mol. The zero-order chi connectivity index (χ0) is 12.3. The highest BCUT2D eigenvalue weighted by Crippen LogP contribution is 2.16. The largest absolute Gasteiger partial charge is 0.495 e. The number of nitrogens with zero attached hydrogens (tertiary/aromatic N) is 1. The number of rotatable bonds is 3. The molecular formula is C11H18N2O5. The van der Waals surface area contributed by atoms with Gasteiger partial charge in [-0.15, -0.1) is 0 Å². The van der Waals surface area contributed by atoms with Gasteiger partial charge < -0.3 is 20.4 Å². The van der Waals surface area contributed by atoms with Crippen LogP contribution in [0.1, 0.15) is 11.7 Å². The Bertz CT molecular complexity index is 428. The molecule has 1 aliphatic heterocycles. The summed E-state index contributed by atoms with van der Waals surface area (Å²) in [4.78, 5) is 15.4. The van der Waals surface area contributed by atoms with E-state index in [0.717, 1.165) is 13.1 Å². The molecule has 5 N–H and O–H groups in total. The maximum absolute atomic E-state index is 11.1. The van der Waals surface area contributed by atoms with Crippen LogP contribution in [0.25, 0.3) is 0 Å². The summed E-state index contributed by atoms with van der Waals surface area (Å²) < 4.78 is 5.21. The zero-order valence-electron chi connectivity index (χ0n) is 9.93. The van der Waals surface area contributed by atoms with Crippen molar-refractivity contribution in [1.29, 1.82) is 0 Å². The smallest absolute Gasteiger partial charge is 0.251 e. The average Bonchev–Trinajstić information content (AvgIpc) is 2.29. The van der Waals surface area contributed by atoms with Crippen molar-refractivity contribution in [3.63, 3.8) is 0 Å². The molecule has 0 radical (unpaired) electrons. The molecule has 0 aliphatic carbocycles. The van der Waals surface area contributed by atoms with Crippen molar-refractivity contribution in [2.24, 2.45) is 0 Å². The molecule has 0 aromatic carbocycles. The monoisotopic (exact) mass is 258 g/mol. The number of hydrogen-bond acceptors (Lipinski definition) is 5. The van der Waals surface area contributed by atoms with E-state index in [0.29, 0.717) is 25.3 Å². The molecule has 7 heteroatoms. The van der Waals surface area contributed by atoms with Gasteiger partial charge in [-0.2, -0.15) is 0 Å². The minimum Gasteiger partial charge on any atom is -0.495 e. The lowest BCUT2D eigenvalue weighted by Gasteiger charge is -2.28. The number of aromatic amines is 1. The Balaban J connectivity index is 0.00000162. The summed E-state index contributed by atoms with van der Waals surface area (Å²) in [7, 11) is 0. The molecule has 1 unspecified atom stereocenters. The van der Waals surface area contributed by atoms with Gasteiger partial charge in [0.1, 0.15) is 0 Å². The third-order valence-corrected chi connectivity index (χ3v) is 2.77. The van der Waals surface area contributed by atoms with Crippen LogP contribution >= 0.6 is 0 Å². The summed E-state index contributed by atoms with van der Waals surface area (Å²) in [5, 5.41) is 19.2. The molecule has 0 saturated carbocycles. The number of β-amino-alcohol motifs (C(OH)–C–C–N with tert-alkyl or cyclic N) is 1. The quantitative estimate of drug-likeness (QED) is 0.617. The predicted molar refractivity (Wildman–Crippen MR) is 64.6 cm³/mol. The topological polar surface area (TPSA) is 117 Å². The number of hydrogen-bond donors (Lipinski definition) is 3. The lowest BCUT2D eigenvalue weighted by atomic mass is 10.1. The summed E-state index contributed by atoms with van der Waals surface area (Å²) in [6.07, 6.45) is -0.777. The first-order chi connectivity index (χ1) is 8.15. The molecule has 18 heavy (non-hydrogen) atoms. The Morgan fingerprint density at radius 3 is 2.67 bits per heavy atom. The van der Waals surface area contributed by atoms with Crippen molar-refractivity contribution in [2.45, 2.75) is 6.10 Å². The Morgan fingerprint density at radius 2 is 2.06 bits per heavy atom. The fourth-order valence-electron chi connectivity index (χ4n) is 1.88. The van der Waals surface area contributed by atoms with Crippen LogP contribution in [0.3, 0.4) is 0 Å². The number of morpholine rings is 1. The van der Waals surface area contributed by atoms with E-state index in [1.807, 2.05) is 0 Å². The predicted octanol–water partition coefficient (Wildman–Crippen LogP) is -1.38. The number of aromatic nitrogens is 1. The van der Waals surface area contributed by atoms with E-state index in [1.54, 1.807) is 0 Å². The molecule has 0 bridgehead atoms. The van der Waals surface area contributed by atoms with E-state index < -0.39 is 11.7 Å². The fourth-order valence-corrected chi connectivity index (χ4v) is 1.88. The summed E-state index contributed by atoms with van der Waals surface area (Å²) in [5.41, 5.74) is 0.0127. The molecule has 7 nitrogen and oxygen atoms in total. The van der Waals surface area contributed by atoms with Crippen LogP contribution in [0, 0.1) is 0 Å². The third kappa shape index (κ3) is 3.81. The van der Waals surface area contributed by atoms with Crippen LogP contribution in [0.15, 0.2) is 16.9 Å². The van der Waals surface area contributed by atoms with E-state index >= 15 is 0 Å². The van der Waals surface area contributed by atoms with Gasteiger partial charge in [-0.3, -0.25) is 14.7 Å². The highest BCUT2D eigenvalue weighted by Gasteiger charge is 2.16. The molecule has 102 valence electrons. The average molecular weight is 258 g/mol. The summed E-state index contributed by atoms with van der Waals surface area (Å²) >= 11 is 0. The van der Waals surface area contributed by atoms with E-state index in [9.17, 15) is 15.0 Å². The molecule has 1 saturated heterocycles. The number of aliphatic hydroxyl groups excluding tert-OH is 1. The second-order valence-electron chi connectivity index (χ2n) is 4.09. The van der Waals surface area contributed by atoms with E-state index in [2.05, 4.69) is 9.88 Å².